The van der Waals surface area contributed by atoms with Gasteiger partial charge >= 0.3 is 0 Å². The van der Waals surface area contributed by atoms with Crippen LogP contribution in [0.2, 0.25) is 0 Å². The second kappa shape index (κ2) is 6.96. The third-order valence-electron chi connectivity index (χ3n) is 3.61. The molecule has 1 heterocycles. The van der Waals surface area contributed by atoms with E-state index >= 15 is 0 Å². The number of carbonyl (C=O) groups excluding carboxylic acids is 2. The van der Waals surface area contributed by atoms with Gasteiger partial charge in [-0.2, -0.15) is 5.10 Å². The largest absolute Gasteiger partial charge is 0.368 e. The van der Waals surface area contributed by atoms with E-state index < -0.39 is 17.9 Å². The minimum Gasteiger partial charge on any atom is -0.368 e. The fourth-order valence-corrected chi connectivity index (χ4v) is 2.35. The van der Waals surface area contributed by atoms with E-state index in [1.807, 2.05) is 0 Å². The first kappa shape index (κ1) is 16.4. The van der Waals surface area contributed by atoms with Gasteiger partial charge in [0, 0.05) is 6.20 Å². The van der Waals surface area contributed by atoms with Crippen LogP contribution in [0.15, 0.2) is 66.9 Å². The number of hydrogen-bond acceptors (Lipinski definition) is 3. The second-order valence-corrected chi connectivity index (χ2v) is 5.34. The molecule has 6 nitrogen and oxygen atoms in total. The normalized spacial score (nSPS) is 11.7. The van der Waals surface area contributed by atoms with Crippen molar-refractivity contribution in [3.8, 4) is 5.69 Å². The number of nitrogens with two attached hydrogens (primary N) is 1. The standard InChI is InChI=1S/C18H15FN4O2/c19-13-6-8-14(9-7-13)23-11-10-15(22-23)18(25)21-16(17(20)24)12-4-2-1-3-5-12/h1-11,16H,(H2,20,24)(H,21,25)/t16-/m0/s1. The summed E-state index contributed by atoms with van der Waals surface area (Å²) < 4.78 is 14.4. The third kappa shape index (κ3) is 3.72. The Bertz CT molecular complexity index is 891. The molecule has 3 rings (SSSR count). The molecule has 0 aliphatic carbocycles. The summed E-state index contributed by atoms with van der Waals surface area (Å²) in [6.45, 7) is 0. The second-order valence-electron chi connectivity index (χ2n) is 5.34. The maximum Gasteiger partial charge on any atom is 0.272 e. The van der Waals surface area contributed by atoms with Crippen LogP contribution in [0.25, 0.3) is 5.69 Å². The van der Waals surface area contributed by atoms with Crippen LogP contribution in [0.3, 0.4) is 0 Å². The van der Waals surface area contributed by atoms with Gasteiger partial charge in [-0.15, -0.1) is 0 Å². The Morgan fingerprint density at radius 3 is 2.36 bits per heavy atom. The summed E-state index contributed by atoms with van der Waals surface area (Å²) in [4.78, 5) is 24.0. The summed E-state index contributed by atoms with van der Waals surface area (Å²) in [6, 6.07) is 14.9. The molecule has 7 heteroatoms. The van der Waals surface area contributed by atoms with E-state index in [0.717, 1.165) is 0 Å². The number of aromatic nitrogens is 2. The van der Waals surface area contributed by atoms with Crippen LogP contribution in [0.5, 0.6) is 0 Å². The summed E-state index contributed by atoms with van der Waals surface area (Å²) in [5, 5.41) is 6.72. The van der Waals surface area contributed by atoms with Gasteiger partial charge in [0.2, 0.25) is 5.91 Å². The van der Waals surface area contributed by atoms with Crippen molar-refractivity contribution in [3.63, 3.8) is 0 Å². The molecule has 3 N–H and O–H groups in total. The zero-order valence-corrected chi connectivity index (χ0v) is 13.1. The van der Waals surface area contributed by atoms with Crippen molar-refractivity contribution in [1.82, 2.24) is 15.1 Å². The first-order valence-electron chi connectivity index (χ1n) is 7.51. The molecule has 0 fully saturated rings. The molecule has 2 amide bonds. The van der Waals surface area contributed by atoms with E-state index in [4.69, 9.17) is 5.73 Å². The zero-order chi connectivity index (χ0) is 17.8. The van der Waals surface area contributed by atoms with Gasteiger partial charge in [-0.05, 0) is 35.9 Å². The summed E-state index contributed by atoms with van der Waals surface area (Å²) in [5.41, 5.74) is 6.70. The Kier molecular flexibility index (Phi) is 4.56. The Morgan fingerprint density at radius 2 is 1.72 bits per heavy atom. The quantitative estimate of drug-likeness (QED) is 0.745. The summed E-state index contributed by atoms with van der Waals surface area (Å²) >= 11 is 0. The van der Waals surface area contributed by atoms with Gasteiger partial charge in [-0.3, -0.25) is 9.59 Å². The van der Waals surface area contributed by atoms with Crippen molar-refractivity contribution < 1.29 is 14.0 Å². The molecule has 0 aliphatic rings. The molecule has 25 heavy (non-hydrogen) atoms. The van der Waals surface area contributed by atoms with Crippen molar-refractivity contribution in [1.29, 1.82) is 0 Å². The predicted octanol–water partition coefficient (Wildman–Crippen LogP) is 1.97. The van der Waals surface area contributed by atoms with Gasteiger partial charge < -0.3 is 11.1 Å². The topological polar surface area (TPSA) is 90.0 Å². The number of benzene rings is 2. The lowest BCUT2D eigenvalue weighted by atomic mass is 10.1. The molecule has 0 spiro atoms. The molecule has 1 atom stereocenters. The molecule has 0 aliphatic heterocycles. The lowest BCUT2D eigenvalue weighted by Crippen LogP contribution is -2.37. The van der Waals surface area contributed by atoms with Gasteiger partial charge in [-0.1, -0.05) is 30.3 Å². The van der Waals surface area contributed by atoms with Crippen molar-refractivity contribution in [3.05, 3.63) is 83.9 Å². The number of amides is 2. The van der Waals surface area contributed by atoms with Gasteiger partial charge in [0.25, 0.3) is 5.91 Å². The monoisotopic (exact) mass is 338 g/mol. The van der Waals surface area contributed by atoms with Crippen LogP contribution >= 0.6 is 0 Å². The van der Waals surface area contributed by atoms with Crippen LogP contribution < -0.4 is 11.1 Å². The van der Waals surface area contributed by atoms with Crippen molar-refractivity contribution in [2.45, 2.75) is 6.04 Å². The van der Waals surface area contributed by atoms with Gasteiger partial charge in [-0.25, -0.2) is 9.07 Å². The maximum absolute atomic E-state index is 13.0. The fourth-order valence-electron chi connectivity index (χ4n) is 2.35. The SMILES string of the molecule is NC(=O)[C@@H](NC(=O)c1ccn(-c2ccc(F)cc2)n1)c1ccccc1. The van der Waals surface area contributed by atoms with E-state index in [0.29, 0.717) is 11.3 Å². The molecule has 0 saturated heterocycles. The number of halogens is 1. The molecule has 1 aromatic heterocycles. The number of hydrogen-bond donors (Lipinski definition) is 2. The molecule has 0 bridgehead atoms. The Balaban J connectivity index is 1.79. The van der Waals surface area contributed by atoms with Crippen molar-refractivity contribution >= 4 is 11.8 Å². The molecular formula is C18H15FN4O2. The lowest BCUT2D eigenvalue weighted by molar-refractivity contribution is -0.120. The molecule has 0 saturated carbocycles. The van der Waals surface area contributed by atoms with E-state index in [2.05, 4.69) is 10.4 Å². The molecule has 3 aromatic rings. The number of nitrogens with zero attached hydrogens (tertiary/aromatic N) is 2. The zero-order valence-electron chi connectivity index (χ0n) is 13.1. The van der Waals surface area contributed by atoms with Crippen LogP contribution in [0, 0.1) is 5.82 Å². The predicted molar refractivity (Wildman–Crippen MR) is 89.4 cm³/mol. The number of nitrogens with one attached hydrogen (secondary N) is 1. The average Bonchev–Trinajstić information content (AvgIpc) is 3.11. The van der Waals surface area contributed by atoms with Crippen molar-refractivity contribution in [2.24, 2.45) is 5.73 Å². The van der Waals surface area contributed by atoms with E-state index in [1.54, 1.807) is 48.7 Å². The van der Waals surface area contributed by atoms with E-state index in [-0.39, 0.29) is 11.5 Å². The summed E-state index contributed by atoms with van der Waals surface area (Å²) in [5.74, 6) is -1.56. The highest BCUT2D eigenvalue weighted by atomic mass is 19.1. The number of rotatable bonds is 5. The highest BCUT2D eigenvalue weighted by Gasteiger charge is 2.22. The summed E-state index contributed by atoms with van der Waals surface area (Å²) in [6.07, 6.45) is 1.57. The van der Waals surface area contributed by atoms with Gasteiger partial charge in [0.1, 0.15) is 11.9 Å². The Hall–Kier alpha value is -3.48. The Morgan fingerprint density at radius 1 is 1.04 bits per heavy atom. The van der Waals surface area contributed by atoms with Gasteiger partial charge in [0.15, 0.2) is 5.69 Å². The van der Waals surface area contributed by atoms with Crippen LogP contribution in [-0.4, -0.2) is 21.6 Å². The summed E-state index contributed by atoms with van der Waals surface area (Å²) in [7, 11) is 0. The van der Waals surface area contributed by atoms with E-state index in [1.165, 1.54) is 22.9 Å². The third-order valence-corrected chi connectivity index (χ3v) is 3.61. The molecule has 0 unspecified atom stereocenters. The van der Waals surface area contributed by atoms with Crippen molar-refractivity contribution in [2.75, 3.05) is 0 Å². The first-order chi connectivity index (χ1) is 12.0. The lowest BCUT2D eigenvalue weighted by Gasteiger charge is -2.14. The number of carbonyl (C=O) groups is 2. The minimum absolute atomic E-state index is 0.117. The molecular weight excluding hydrogens is 323 g/mol. The minimum atomic E-state index is -0.954. The van der Waals surface area contributed by atoms with E-state index in [9.17, 15) is 14.0 Å². The maximum atomic E-state index is 13.0. The van der Waals surface area contributed by atoms with Gasteiger partial charge in [0.05, 0.1) is 5.69 Å². The smallest absolute Gasteiger partial charge is 0.272 e. The Labute approximate surface area is 143 Å². The average molecular weight is 338 g/mol. The highest BCUT2D eigenvalue weighted by Crippen LogP contribution is 2.14. The van der Waals surface area contributed by atoms with Crippen LogP contribution in [0.1, 0.15) is 22.1 Å². The first-order valence-corrected chi connectivity index (χ1v) is 7.51. The highest BCUT2D eigenvalue weighted by molar-refractivity contribution is 5.96. The van der Waals surface area contributed by atoms with Crippen LogP contribution in [0.4, 0.5) is 4.39 Å². The fraction of sp³-hybridized carbons (Fsp3) is 0.0556. The number of primary amides is 1. The molecule has 0 radical (unpaired) electrons. The molecule has 126 valence electrons. The molecule has 2 aromatic carbocycles. The van der Waals surface area contributed by atoms with Crippen LogP contribution in [-0.2, 0) is 4.79 Å².